The van der Waals surface area contributed by atoms with Crippen molar-refractivity contribution in [3.63, 3.8) is 0 Å². The predicted octanol–water partition coefficient (Wildman–Crippen LogP) is 2.65. The van der Waals surface area contributed by atoms with Gasteiger partial charge >= 0.3 is 0 Å². The van der Waals surface area contributed by atoms with Gasteiger partial charge in [-0.05, 0) is 34.8 Å². The van der Waals surface area contributed by atoms with E-state index in [-0.39, 0.29) is 10.3 Å². The first-order valence-corrected chi connectivity index (χ1v) is 8.90. The molecule has 2 rings (SSSR count). The molecular weight excluding hydrogens is 376 g/mol. The minimum absolute atomic E-state index is 0.123. The summed E-state index contributed by atoms with van der Waals surface area (Å²) in [6, 6.07) is 1.32. The van der Waals surface area contributed by atoms with E-state index in [1.54, 1.807) is 0 Å². The molecule has 2 heterocycles. The molecule has 1 fully saturated rings. The molecule has 0 bridgehead atoms. The fraction of sp³-hybridized carbons (Fsp3) is 0.500. The van der Waals surface area contributed by atoms with Crippen LogP contribution in [0.3, 0.4) is 0 Å². The number of hydrogen-bond acceptors (Lipinski definition) is 5. The second-order valence-electron chi connectivity index (χ2n) is 4.04. The molecule has 1 aliphatic heterocycles. The molecular formula is C10H10BrClN2O3S2. The van der Waals surface area contributed by atoms with Crippen molar-refractivity contribution in [3.8, 4) is 0 Å². The molecule has 0 atom stereocenters. The Kier molecular flexibility index (Phi) is 4.81. The van der Waals surface area contributed by atoms with E-state index in [0.29, 0.717) is 34.7 Å². The van der Waals surface area contributed by atoms with Gasteiger partial charge in [0.1, 0.15) is 4.21 Å². The third kappa shape index (κ3) is 3.26. The molecule has 19 heavy (non-hydrogen) atoms. The molecule has 0 saturated carbocycles. The third-order valence-electron chi connectivity index (χ3n) is 2.88. The summed E-state index contributed by atoms with van der Waals surface area (Å²) in [4.78, 5) is 13.8. The average Bonchev–Trinajstić information content (AvgIpc) is 2.71. The summed E-state index contributed by atoms with van der Waals surface area (Å²) in [5.41, 5.74) is 0. The quantitative estimate of drug-likeness (QED) is 0.593. The molecule has 1 aliphatic rings. The highest BCUT2D eigenvalue weighted by atomic mass is 79.9. The van der Waals surface area contributed by atoms with Crippen LogP contribution < -0.4 is 0 Å². The van der Waals surface area contributed by atoms with E-state index in [1.807, 2.05) is 0 Å². The normalized spacial score (nSPS) is 18.2. The van der Waals surface area contributed by atoms with Crippen LogP contribution in [0.4, 0.5) is 0 Å². The Morgan fingerprint density at radius 2 is 2.11 bits per heavy atom. The zero-order valence-electron chi connectivity index (χ0n) is 9.67. The van der Waals surface area contributed by atoms with Gasteiger partial charge in [0.15, 0.2) is 0 Å². The van der Waals surface area contributed by atoms with E-state index in [0.717, 1.165) is 11.3 Å². The lowest BCUT2D eigenvalue weighted by atomic mass is 10.1. The molecule has 0 aromatic carbocycles. The Hall–Kier alpha value is -0.240. The lowest BCUT2D eigenvalue weighted by molar-refractivity contribution is 0.321. The van der Waals surface area contributed by atoms with Crippen molar-refractivity contribution in [2.75, 3.05) is 13.1 Å². The summed E-state index contributed by atoms with van der Waals surface area (Å²) in [6.45, 7) is 0.705. The van der Waals surface area contributed by atoms with Crippen LogP contribution in [0.2, 0.25) is 5.02 Å². The van der Waals surface area contributed by atoms with Crippen LogP contribution in [0.5, 0.6) is 0 Å². The monoisotopic (exact) mass is 384 g/mol. The maximum absolute atomic E-state index is 12.4. The van der Waals surface area contributed by atoms with Crippen molar-refractivity contribution in [1.29, 1.82) is 0 Å². The molecule has 1 aromatic heterocycles. The van der Waals surface area contributed by atoms with Crippen LogP contribution in [0.15, 0.2) is 19.1 Å². The highest BCUT2D eigenvalue weighted by molar-refractivity contribution is 9.11. The Bertz CT molecular complexity index is 597. The summed E-state index contributed by atoms with van der Waals surface area (Å²) in [7, 11) is -3.50. The Morgan fingerprint density at radius 1 is 1.47 bits per heavy atom. The fourth-order valence-corrected chi connectivity index (χ4v) is 5.89. The van der Waals surface area contributed by atoms with Crippen molar-refractivity contribution >= 4 is 55.0 Å². The van der Waals surface area contributed by atoms with Gasteiger partial charge in [0, 0.05) is 13.1 Å². The number of halogens is 2. The average molecular weight is 386 g/mol. The number of rotatable bonds is 3. The molecule has 0 aliphatic carbocycles. The number of aliphatic imine (C=N–C) groups is 1. The van der Waals surface area contributed by atoms with E-state index in [1.165, 1.54) is 16.5 Å². The van der Waals surface area contributed by atoms with Gasteiger partial charge in [-0.25, -0.2) is 18.2 Å². The number of sulfonamides is 1. The summed E-state index contributed by atoms with van der Waals surface area (Å²) in [5, 5.41) is 0.393. The summed E-state index contributed by atoms with van der Waals surface area (Å²) >= 11 is 10.2. The highest BCUT2D eigenvalue weighted by Gasteiger charge is 2.31. The molecule has 9 heteroatoms. The van der Waals surface area contributed by atoms with Crippen LogP contribution >= 0.6 is 38.9 Å². The third-order valence-corrected chi connectivity index (χ3v) is 7.70. The van der Waals surface area contributed by atoms with Gasteiger partial charge in [0.2, 0.25) is 6.08 Å². The standard InChI is InChI=1S/C10H10BrClN2O3S2/c11-10-8(12)5-9(18-10)19(16,17)14-3-1-7(2-4-14)13-6-15/h5,7H,1-4H2. The van der Waals surface area contributed by atoms with Crippen molar-refractivity contribution in [2.24, 2.45) is 4.99 Å². The number of isocyanates is 1. The van der Waals surface area contributed by atoms with Gasteiger partial charge in [0.25, 0.3) is 10.0 Å². The molecule has 0 radical (unpaired) electrons. The largest absolute Gasteiger partial charge is 0.252 e. The Morgan fingerprint density at radius 3 is 2.58 bits per heavy atom. The first-order chi connectivity index (χ1) is 8.95. The van der Waals surface area contributed by atoms with Gasteiger partial charge in [0.05, 0.1) is 14.9 Å². The number of hydrogen-bond donors (Lipinski definition) is 0. The zero-order chi connectivity index (χ0) is 14.0. The molecule has 1 aromatic rings. The second-order valence-corrected chi connectivity index (χ2v) is 8.98. The fourth-order valence-electron chi connectivity index (χ4n) is 1.87. The van der Waals surface area contributed by atoms with Crippen LogP contribution in [-0.2, 0) is 14.8 Å². The summed E-state index contributed by atoms with van der Waals surface area (Å²) in [5.74, 6) is 0. The maximum atomic E-state index is 12.4. The van der Waals surface area contributed by atoms with Crippen molar-refractivity contribution in [3.05, 3.63) is 14.9 Å². The smallest absolute Gasteiger partial charge is 0.211 e. The first kappa shape index (κ1) is 15.2. The van der Waals surface area contributed by atoms with Gasteiger partial charge < -0.3 is 0 Å². The number of nitrogens with zero attached hydrogens (tertiary/aromatic N) is 2. The molecule has 5 nitrogen and oxygen atoms in total. The van der Waals surface area contributed by atoms with Gasteiger partial charge in [-0.2, -0.15) is 4.31 Å². The summed E-state index contributed by atoms with van der Waals surface area (Å²) in [6.07, 6.45) is 2.59. The lowest BCUT2D eigenvalue weighted by Gasteiger charge is -2.28. The van der Waals surface area contributed by atoms with Crippen LogP contribution in [0.25, 0.3) is 0 Å². The van der Waals surface area contributed by atoms with E-state index in [4.69, 9.17) is 11.6 Å². The van der Waals surface area contributed by atoms with E-state index in [2.05, 4.69) is 20.9 Å². The van der Waals surface area contributed by atoms with E-state index >= 15 is 0 Å². The zero-order valence-corrected chi connectivity index (χ0v) is 13.6. The predicted molar refractivity (Wildman–Crippen MR) is 76.9 cm³/mol. The molecule has 0 amide bonds. The molecule has 0 spiro atoms. The number of piperidine rings is 1. The van der Waals surface area contributed by atoms with Crippen LogP contribution in [0, 0.1) is 0 Å². The minimum atomic E-state index is -3.50. The van der Waals surface area contributed by atoms with Crippen molar-refractivity contribution in [2.45, 2.75) is 23.1 Å². The Labute approximate surface area is 128 Å². The van der Waals surface area contributed by atoms with Crippen molar-refractivity contribution in [1.82, 2.24) is 4.31 Å². The number of carbonyl (C=O) groups excluding carboxylic acids is 1. The second kappa shape index (κ2) is 6.03. The van der Waals surface area contributed by atoms with E-state index < -0.39 is 10.0 Å². The molecule has 1 saturated heterocycles. The van der Waals surface area contributed by atoms with Crippen LogP contribution in [-0.4, -0.2) is 37.9 Å². The minimum Gasteiger partial charge on any atom is -0.211 e. The van der Waals surface area contributed by atoms with Crippen LogP contribution in [0.1, 0.15) is 12.8 Å². The first-order valence-electron chi connectivity index (χ1n) is 5.47. The maximum Gasteiger partial charge on any atom is 0.252 e. The molecule has 0 unspecified atom stereocenters. The SMILES string of the molecule is O=C=NC1CCN(S(=O)(=O)c2cc(Cl)c(Br)s2)CC1. The van der Waals surface area contributed by atoms with E-state index in [9.17, 15) is 13.2 Å². The van der Waals surface area contributed by atoms with Gasteiger partial charge in [-0.15, -0.1) is 11.3 Å². The van der Waals surface area contributed by atoms with Gasteiger partial charge in [-0.1, -0.05) is 11.6 Å². The Balaban J connectivity index is 2.16. The topological polar surface area (TPSA) is 66.8 Å². The summed E-state index contributed by atoms with van der Waals surface area (Å²) < 4.78 is 27.0. The highest BCUT2D eigenvalue weighted by Crippen LogP contribution is 2.36. The van der Waals surface area contributed by atoms with Gasteiger partial charge in [-0.3, -0.25) is 0 Å². The lowest BCUT2D eigenvalue weighted by Crippen LogP contribution is -2.39. The number of thiophene rings is 1. The van der Waals surface area contributed by atoms with Crippen molar-refractivity contribution < 1.29 is 13.2 Å². The molecule has 0 N–H and O–H groups in total. The molecule has 104 valence electrons.